The van der Waals surface area contributed by atoms with Crippen LogP contribution in [0, 0.1) is 11.3 Å². The molecule has 2 aliphatic rings. The van der Waals surface area contributed by atoms with Crippen LogP contribution in [0.5, 0.6) is 0 Å². The van der Waals surface area contributed by atoms with Crippen molar-refractivity contribution in [3.63, 3.8) is 0 Å². The van der Waals surface area contributed by atoms with Gasteiger partial charge in [-0.25, -0.2) is 0 Å². The second-order valence-electron chi connectivity index (χ2n) is 7.50. The molecule has 0 radical (unpaired) electrons. The van der Waals surface area contributed by atoms with Gasteiger partial charge >= 0.3 is 0 Å². The number of para-hydroxylation sites is 1. The molecule has 2 nitrogen and oxygen atoms in total. The van der Waals surface area contributed by atoms with Gasteiger partial charge in [0.15, 0.2) is 0 Å². The first-order valence-electron chi connectivity index (χ1n) is 9.25. The van der Waals surface area contributed by atoms with E-state index >= 15 is 0 Å². The molecule has 1 saturated carbocycles. The summed E-state index contributed by atoms with van der Waals surface area (Å²) in [6.45, 7) is 2.28. The van der Waals surface area contributed by atoms with Crippen molar-refractivity contribution in [3.8, 4) is 0 Å². The van der Waals surface area contributed by atoms with E-state index in [-0.39, 0.29) is 11.3 Å². The van der Waals surface area contributed by atoms with Crippen LogP contribution in [0.3, 0.4) is 0 Å². The lowest BCUT2D eigenvalue weighted by Crippen LogP contribution is -2.40. The van der Waals surface area contributed by atoms with Crippen molar-refractivity contribution < 1.29 is 4.79 Å². The summed E-state index contributed by atoms with van der Waals surface area (Å²) in [6, 6.07) is 20.7. The van der Waals surface area contributed by atoms with Crippen LogP contribution in [-0.2, 0) is 4.79 Å². The van der Waals surface area contributed by atoms with Gasteiger partial charge in [-0.15, -0.1) is 0 Å². The summed E-state index contributed by atoms with van der Waals surface area (Å²) in [7, 11) is 1.92. The molecule has 0 spiro atoms. The van der Waals surface area contributed by atoms with E-state index in [1.165, 1.54) is 16.7 Å². The maximum Gasteiger partial charge on any atom is 0.237 e. The molecule has 0 saturated heterocycles. The minimum absolute atomic E-state index is 0.268. The Labute approximate surface area is 150 Å². The van der Waals surface area contributed by atoms with Crippen molar-refractivity contribution in [3.05, 3.63) is 71.8 Å². The van der Waals surface area contributed by atoms with Gasteiger partial charge in [0.1, 0.15) is 0 Å². The number of rotatable bonds is 3. The van der Waals surface area contributed by atoms with Crippen LogP contribution < -0.4 is 4.90 Å². The molecular weight excluding hydrogens is 306 g/mol. The van der Waals surface area contributed by atoms with Crippen LogP contribution in [0.25, 0.3) is 5.57 Å². The maximum atomic E-state index is 13.6. The highest BCUT2D eigenvalue weighted by molar-refractivity contribution is 6.02. The van der Waals surface area contributed by atoms with Gasteiger partial charge in [0.05, 0.1) is 5.41 Å². The first-order chi connectivity index (χ1) is 12.1. The molecule has 0 heterocycles. The number of hydrogen-bond acceptors (Lipinski definition) is 1. The maximum absolute atomic E-state index is 13.6. The van der Waals surface area contributed by atoms with E-state index in [0.29, 0.717) is 5.92 Å². The topological polar surface area (TPSA) is 20.3 Å². The van der Waals surface area contributed by atoms with Crippen LogP contribution in [0.2, 0.25) is 0 Å². The largest absolute Gasteiger partial charge is 0.315 e. The summed E-state index contributed by atoms with van der Waals surface area (Å²) in [4.78, 5) is 15.4. The van der Waals surface area contributed by atoms with Gasteiger partial charge < -0.3 is 4.90 Å². The van der Waals surface area contributed by atoms with Crippen molar-refractivity contribution in [2.45, 2.75) is 32.6 Å². The molecule has 1 fully saturated rings. The minimum Gasteiger partial charge on any atom is -0.315 e. The minimum atomic E-state index is -0.296. The molecule has 25 heavy (non-hydrogen) atoms. The van der Waals surface area contributed by atoms with Gasteiger partial charge in [0.2, 0.25) is 5.91 Å². The zero-order valence-corrected chi connectivity index (χ0v) is 15.0. The lowest BCUT2D eigenvalue weighted by Gasteiger charge is -2.31. The summed E-state index contributed by atoms with van der Waals surface area (Å²) in [5.74, 6) is 0.704. The molecular formula is C23H25NO. The molecule has 0 aliphatic heterocycles. The second kappa shape index (κ2) is 6.18. The van der Waals surface area contributed by atoms with Gasteiger partial charge in [-0.1, -0.05) is 61.0 Å². The first kappa shape index (κ1) is 16.1. The molecule has 0 bridgehead atoms. The highest BCUT2D eigenvalue weighted by atomic mass is 16.2. The Morgan fingerprint density at radius 2 is 1.68 bits per heavy atom. The molecule has 128 valence electrons. The Morgan fingerprint density at radius 3 is 2.36 bits per heavy atom. The van der Waals surface area contributed by atoms with Crippen LogP contribution in [-0.4, -0.2) is 13.0 Å². The van der Waals surface area contributed by atoms with Crippen LogP contribution in [0.1, 0.15) is 38.2 Å². The molecule has 1 amide bonds. The van der Waals surface area contributed by atoms with E-state index in [4.69, 9.17) is 0 Å². The molecule has 4 rings (SSSR count). The van der Waals surface area contributed by atoms with Gasteiger partial charge in [0.25, 0.3) is 0 Å². The molecule has 2 heteroatoms. The van der Waals surface area contributed by atoms with E-state index in [1.54, 1.807) is 0 Å². The molecule has 0 unspecified atom stereocenters. The van der Waals surface area contributed by atoms with E-state index in [2.05, 4.69) is 37.3 Å². The number of carbonyl (C=O) groups excluding carboxylic acids is 1. The van der Waals surface area contributed by atoms with Gasteiger partial charge in [-0.05, 0) is 54.9 Å². The Kier molecular flexibility index (Phi) is 3.99. The van der Waals surface area contributed by atoms with Crippen molar-refractivity contribution in [2.24, 2.45) is 11.3 Å². The molecule has 2 aromatic rings. The average molecular weight is 331 g/mol. The number of benzene rings is 2. The standard InChI is InChI=1S/C23H25NO/c1-17-16-23(22(25)24(2)19-12-7-4-8-13-19)15-9-14-20(23)21(17)18-10-5-3-6-11-18/h3-8,10-13,17H,9,14-16H2,1-2H3/t17-,23+/m1/s1. The third-order valence-electron chi connectivity index (χ3n) is 6.02. The summed E-state index contributed by atoms with van der Waals surface area (Å²) < 4.78 is 0. The SMILES string of the molecule is C[C@@H]1C[C@@]2(C(=O)N(C)c3ccccc3)CCCC2=C1c1ccccc1. The van der Waals surface area contributed by atoms with Gasteiger partial charge in [-0.3, -0.25) is 4.79 Å². The second-order valence-corrected chi connectivity index (χ2v) is 7.50. The Morgan fingerprint density at radius 1 is 1.04 bits per heavy atom. The van der Waals surface area contributed by atoms with E-state index in [9.17, 15) is 4.79 Å². The van der Waals surface area contributed by atoms with Crippen LogP contribution >= 0.6 is 0 Å². The normalized spacial score (nSPS) is 25.1. The van der Waals surface area contributed by atoms with Gasteiger partial charge in [-0.2, -0.15) is 0 Å². The molecule has 2 aromatic carbocycles. The number of anilines is 1. The lowest BCUT2D eigenvalue weighted by atomic mass is 9.80. The summed E-state index contributed by atoms with van der Waals surface area (Å²) >= 11 is 0. The molecule has 2 aliphatic carbocycles. The zero-order chi connectivity index (χ0) is 17.4. The molecule has 2 atom stereocenters. The highest BCUT2D eigenvalue weighted by Gasteiger charge is 2.53. The first-order valence-corrected chi connectivity index (χ1v) is 9.25. The predicted octanol–water partition coefficient (Wildman–Crippen LogP) is 5.31. The molecule has 0 N–H and O–H groups in total. The highest BCUT2D eigenvalue weighted by Crippen LogP contribution is 2.59. The summed E-state index contributed by atoms with van der Waals surface area (Å²) in [6.07, 6.45) is 4.11. The van der Waals surface area contributed by atoms with Crippen molar-refractivity contribution >= 4 is 17.2 Å². The summed E-state index contributed by atoms with van der Waals surface area (Å²) in [5.41, 5.74) is 4.81. The Bertz CT molecular complexity index is 809. The number of allylic oxidation sites excluding steroid dienone is 1. The van der Waals surface area contributed by atoms with Crippen LogP contribution in [0.15, 0.2) is 66.2 Å². The van der Waals surface area contributed by atoms with E-state index < -0.39 is 0 Å². The Balaban J connectivity index is 1.76. The number of amides is 1. The van der Waals surface area contributed by atoms with Crippen molar-refractivity contribution in [1.82, 2.24) is 0 Å². The number of hydrogen-bond donors (Lipinski definition) is 0. The number of carbonyl (C=O) groups is 1. The predicted molar refractivity (Wildman–Crippen MR) is 103 cm³/mol. The van der Waals surface area contributed by atoms with E-state index in [0.717, 1.165) is 31.4 Å². The fourth-order valence-corrected chi connectivity index (χ4v) is 4.99. The molecule has 0 aromatic heterocycles. The Hall–Kier alpha value is -2.35. The lowest BCUT2D eigenvalue weighted by molar-refractivity contribution is -0.126. The van der Waals surface area contributed by atoms with Crippen LogP contribution in [0.4, 0.5) is 5.69 Å². The monoisotopic (exact) mass is 331 g/mol. The number of fused-ring (bicyclic) bond motifs is 1. The smallest absolute Gasteiger partial charge is 0.237 e. The summed E-state index contributed by atoms with van der Waals surface area (Å²) in [5, 5.41) is 0. The van der Waals surface area contributed by atoms with E-state index in [1.807, 2.05) is 42.3 Å². The zero-order valence-electron chi connectivity index (χ0n) is 15.0. The van der Waals surface area contributed by atoms with Crippen molar-refractivity contribution in [1.29, 1.82) is 0 Å². The third kappa shape index (κ3) is 2.52. The van der Waals surface area contributed by atoms with Crippen molar-refractivity contribution in [2.75, 3.05) is 11.9 Å². The number of nitrogens with zero attached hydrogens (tertiary/aromatic N) is 1. The fourth-order valence-electron chi connectivity index (χ4n) is 4.99. The van der Waals surface area contributed by atoms with Gasteiger partial charge in [0, 0.05) is 12.7 Å². The average Bonchev–Trinajstić information content (AvgIpc) is 3.18. The third-order valence-corrected chi connectivity index (χ3v) is 6.02. The quantitative estimate of drug-likeness (QED) is 0.746. The fraction of sp³-hybridized carbons (Fsp3) is 0.348.